The van der Waals surface area contributed by atoms with Gasteiger partial charge in [-0.05, 0) is 94.8 Å². The summed E-state index contributed by atoms with van der Waals surface area (Å²) >= 11 is 0. The van der Waals surface area contributed by atoms with Crippen molar-refractivity contribution in [2.24, 2.45) is 35.5 Å². The number of rotatable bonds is 18. The van der Waals surface area contributed by atoms with Crippen molar-refractivity contribution in [1.82, 2.24) is 0 Å². The number of carbonyl (C=O) groups is 7. The minimum absolute atomic E-state index is 0. The first-order valence-corrected chi connectivity index (χ1v) is 16.5. The van der Waals surface area contributed by atoms with E-state index >= 15 is 0 Å². The van der Waals surface area contributed by atoms with Gasteiger partial charge in [0.25, 0.3) is 0 Å². The van der Waals surface area contributed by atoms with E-state index < -0.39 is 24.3 Å². The number of hydrogen-bond donors (Lipinski definition) is 1. The summed E-state index contributed by atoms with van der Waals surface area (Å²) in [6.07, 6.45) is 7.18. The molecule has 264 valence electrons. The van der Waals surface area contributed by atoms with Crippen LogP contribution < -0.4 is 56.5 Å². The topological polar surface area (TPSA) is 190 Å². The number of carboxylic acids is 2. The number of carboxylic acid groups (broad SMARTS) is 2. The van der Waals surface area contributed by atoms with Crippen molar-refractivity contribution < 1.29 is 109 Å². The molecule has 1 N–H and O–H groups in total. The number of Topliss-reactive ketones (excluding diaryl/α,β-unsaturated/α-hetero) is 2. The molecule has 0 heterocycles. The summed E-state index contributed by atoms with van der Waals surface area (Å²) in [7, 11) is 0. The van der Waals surface area contributed by atoms with Crippen molar-refractivity contribution in [2.75, 3.05) is 19.8 Å². The van der Waals surface area contributed by atoms with Gasteiger partial charge in [0.05, 0.1) is 32.2 Å². The maximum absolute atomic E-state index is 11.3. The molecule has 0 amide bonds. The van der Waals surface area contributed by atoms with Crippen molar-refractivity contribution in [3.63, 3.8) is 0 Å². The van der Waals surface area contributed by atoms with Gasteiger partial charge in [0, 0.05) is 19.3 Å². The molecule has 0 bridgehead atoms. The summed E-state index contributed by atoms with van der Waals surface area (Å²) < 4.78 is 13.7. The Hall–Kier alpha value is -1.67. The Kier molecular flexibility index (Phi) is 27.4. The molecule has 0 aromatic heterocycles. The Morgan fingerprint density at radius 2 is 0.851 bits per heavy atom. The van der Waals surface area contributed by atoms with E-state index in [1.807, 2.05) is 0 Å². The standard InChI is InChI=1S/2C11H18O3.C7H12O2.C5H8O4.K/c2*1-3-14-11(13)7-10(12)5-4-9-6-8(9)2;1-5-4-6(5)2-3-7(8)9;1-2-9-5(8)3-4(6)7;/h2*8-9H,3-7H2,1-2H3;5-6H,2-4H2,1H3,(H,8,9);2-3H2,1H3,(H,6,7);/q;;;;+1/p-1. The van der Waals surface area contributed by atoms with Crippen LogP contribution >= 0.6 is 0 Å². The zero-order valence-electron chi connectivity index (χ0n) is 29.5. The summed E-state index contributed by atoms with van der Waals surface area (Å²) in [6.45, 7) is 12.6. The summed E-state index contributed by atoms with van der Waals surface area (Å²) in [5, 5.41) is 17.9. The van der Waals surface area contributed by atoms with E-state index in [4.69, 9.17) is 14.6 Å². The summed E-state index contributed by atoms with van der Waals surface area (Å²) in [5.74, 6) is 0.969. The third-order valence-electron chi connectivity index (χ3n) is 8.03. The summed E-state index contributed by atoms with van der Waals surface area (Å²) in [4.78, 5) is 74.3. The average Bonchev–Trinajstić information content (AvgIpc) is 3.90. The number of ketones is 2. The molecule has 0 aliphatic heterocycles. The molecule has 0 aromatic carbocycles. The van der Waals surface area contributed by atoms with E-state index in [0.717, 1.165) is 54.8 Å². The molecule has 0 radical (unpaired) electrons. The molecule has 6 unspecified atom stereocenters. The Morgan fingerprint density at radius 3 is 1.09 bits per heavy atom. The molecule has 3 saturated carbocycles. The minimum atomic E-state index is -1.41. The molecule has 3 aliphatic carbocycles. The number of carbonyl (C=O) groups excluding carboxylic acids is 6. The first-order chi connectivity index (χ1) is 21.6. The fourth-order valence-electron chi connectivity index (χ4n) is 4.66. The molecule has 6 atom stereocenters. The molecule has 0 spiro atoms. The molecular weight excluding hydrogens is 639 g/mol. The van der Waals surface area contributed by atoms with Crippen LogP contribution in [0.3, 0.4) is 0 Å². The fraction of sp³-hybridized carbons (Fsp3) is 0.794. The second-order valence-corrected chi connectivity index (χ2v) is 12.3. The SMILES string of the molecule is CC1CC1CCC(=O)O.CCOC(=O)CC(=O)CCC1CC1C.CCOC(=O)CC(=O)CCC1CC1C.CCOC(=O)CC(=O)[O-].[K+]. The van der Waals surface area contributed by atoms with Crippen LogP contribution in [0.5, 0.6) is 0 Å². The van der Waals surface area contributed by atoms with Gasteiger partial charge in [-0.25, -0.2) is 0 Å². The van der Waals surface area contributed by atoms with E-state index in [-0.39, 0.29) is 94.3 Å². The van der Waals surface area contributed by atoms with Gasteiger partial charge in [-0.3, -0.25) is 28.8 Å². The maximum Gasteiger partial charge on any atom is 1.00 e. The minimum Gasteiger partial charge on any atom is -0.550 e. The van der Waals surface area contributed by atoms with Crippen LogP contribution in [0, 0.1) is 35.5 Å². The first kappa shape index (κ1) is 47.4. The number of ether oxygens (including phenoxy) is 3. The molecule has 3 aliphatic rings. The smallest absolute Gasteiger partial charge is 0.550 e. The molecule has 3 rings (SSSR count). The molecule has 47 heavy (non-hydrogen) atoms. The van der Waals surface area contributed by atoms with Crippen LogP contribution in [-0.4, -0.2) is 66.3 Å². The van der Waals surface area contributed by atoms with Crippen molar-refractivity contribution in [1.29, 1.82) is 0 Å². The Morgan fingerprint density at radius 1 is 0.574 bits per heavy atom. The largest absolute Gasteiger partial charge is 1.00 e. The zero-order valence-corrected chi connectivity index (χ0v) is 32.6. The fourth-order valence-corrected chi connectivity index (χ4v) is 4.66. The van der Waals surface area contributed by atoms with E-state index in [9.17, 15) is 38.7 Å². The van der Waals surface area contributed by atoms with Gasteiger partial charge >= 0.3 is 75.3 Å². The van der Waals surface area contributed by atoms with Gasteiger partial charge < -0.3 is 29.2 Å². The molecule has 3 fully saturated rings. The quantitative estimate of drug-likeness (QED) is 0.0932. The number of hydrogen-bond acceptors (Lipinski definition) is 11. The predicted molar refractivity (Wildman–Crippen MR) is 166 cm³/mol. The van der Waals surface area contributed by atoms with E-state index in [0.29, 0.717) is 32.5 Å². The second kappa shape index (κ2) is 27.2. The normalized spacial score (nSPS) is 22.3. The molecule has 0 saturated heterocycles. The van der Waals surface area contributed by atoms with Crippen LogP contribution in [0.2, 0.25) is 0 Å². The van der Waals surface area contributed by atoms with E-state index in [1.165, 1.54) is 19.3 Å². The summed E-state index contributed by atoms with van der Waals surface area (Å²) in [5.41, 5.74) is 0. The van der Waals surface area contributed by atoms with Gasteiger partial charge in [0.2, 0.25) is 0 Å². The third kappa shape index (κ3) is 29.0. The zero-order chi connectivity index (χ0) is 35.2. The monoisotopic (exact) mass is 694 g/mol. The van der Waals surface area contributed by atoms with E-state index in [2.05, 4.69) is 25.5 Å². The number of esters is 3. The number of aliphatic carboxylic acids is 2. The van der Waals surface area contributed by atoms with Crippen molar-refractivity contribution in [3.05, 3.63) is 0 Å². The van der Waals surface area contributed by atoms with Crippen molar-refractivity contribution >= 4 is 41.4 Å². The predicted octanol–water partition coefficient (Wildman–Crippen LogP) is 1.09. The van der Waals surface area contributed by atoms with Crippen molar-refractivity contribution in [2.45, 2.75) is 119 Å². The third-order valence-corrected chi connectivity index (χ3v) is 8.03. The molecular formula is C34H55KO12. The van der Waals surface area contributed by atoms with Gasteiger partial charge in [-0.2, -0.15) is 0 Å². The Labute approximate surface area is 322 Å². The molecule has 13 heteroatoms. The van der Waals surface area contributed by atoms with Crippen LogP contribution in [-0.2, 0) is 47.8 Å². The van der Waals surface area contributed by atoms with E-state index in [1.54, 1.807) is 20.8 Å². The molecule has 0 aromatic rings. The van der Waals surface area contributed by atoms with Crippen LogP contribution in [0.4, 0.5) is 0 Å². The maximum atomic E-state index is 11.3. The van der Waals surface area contributed by atoms with Gasteiger partial charge in [-0.15, -0.1) is 0 Å². The Balaban J connectivity index is 0. The van der Waals surface area contributed by atoms with Crippen LogP contribution in [0.25, 0.3) is 0 Å². The van der Waals surface area contributed by atoms with Gasteiger partial charge in [-0.1, -0.05) is 20.8 Å². The molecule has 12 nitrogen and oxygen atoms in total. The van der Waals surface area contributed by atoms with Gasteiger partial charge in [0.15, 0.2) is 0 Å². The summed E-state index contributed by atoms with van der Waals surface area (Å²) in [6, 6.07) is 0. The second-order valence-electron chi connectivity index (χ2n) is 12.3. The van der Waals surface area contributed by atoms with Gasteiger partial charge in [0.1, 0.15) is 24.4 Å². The Bertz CT molecular complexity index is 950. The first-order valence-electron chi connectivity index (χ1n) is 16.5. The van der Waals surface area contributed by atoms with Crippen molar-refractivity contribution in [3.8, 4) is 0 Å². The average molecular weight is 695 g/mol. The van der Waals surface area contributed by atoms with Crippen LogP contribution in [0.1, 0.15) is 119 Å². The van der Waals surface area contributed by atoms with Crippen LogP contribution in [0.15, 0.2) is 0 Å².